The molecule has 0 bridgehead atoms. The number of phenolic OH excluding ortho intramolecular Hbond substituents is 1. The van der Waals surface area contributed by atoms with Crippen molar-refractivity contribution in [1.29, 1.82) is 0 Å². The number of benzene rings is 2. The topological polar surface area (TPSA) is 36.4 Å². The molecule has 1 N–H and O–H groups in total. The van der Waals surface area contributed by atoms with Crippen molar-refractivity contribution in [3.63, 3.8) is 0 Å². The molecule has 0 radical (unpaired) electrons. The van der Waals surface area contributed by atoms with Crippen molar-refractivity contribution in [2.24, 2.45) is 5.92 Å². The SMILES string of the molecule is CC(C)CN(C)c1cc(-c2ccccc2)cc(-c2ccc(O)cc2)n1. The molecular formula is C22H24N2O. The highest BCUT2D eigenvalue weighted by Crippen LogP contribution is 2.29. The average Bonchev–Trinajstić information content (AvgIpc) is 2.62. The van der Waals surface area contributed by atoms with Gasteiger partial charge in [0, 0.05) is 19.2 Å². The minimum absolute atomic E-state index is 0.264. The Morgan fingerprint density at radius 3 is 2.20 bits per heavy atom. The molecule has 3 nitrogen and oxygen atoms in total. The van der Waals surface area contributed by atoms with Crippen molar-refractivity contribution in [1.82, 2.24) is 4.98 Å². The third-order valence-electron chi connectivity index (χ3n) is 4.11. The molecule has 0 fully saturated rings. The summed E-state index contributed by atoms with van der Waals surface area (Å²) < 4.78 is 0. The lowest BCUT2D eigenvalue weighted by Gasteiger charge is -2.22. The predicted octanol–water partition coefficient (Wildman–Crippen LogP) is 5.21. The van der Waals surface area contributed by atoms with Crippen LogP contribution in [-0.2, 0) is 0 Å². The lowest BCUT2D eigenvalue weighted by Crippen LogP contribution is -2.23. The highest BCUT2D eigenvalue weighted by molar-refractivity contribution is 5.74. The van der Waals surface area contributed by atoms with Crippen molar-refractivity contribution in [2.75, 3.05) is 18.5 Å². The summed E-state index contributed by atoms with van der Waals surface area (Å²) in [5.74, 6) is 1.78. The van der Waals surface area contributed by atoms with Gasteiger partial charge in [-0.1, -0.05) is 44.2 Å². The molecule has 1 aromatic heterocycles. The molecule has 0 atom stereocenters. The monoisotopic (exact) mass is 332 g/mol. The molecular weight excluding hydrogens is 308 g/mol. The maximum absolute atomic E-state index is 9.55. The first-order valence-electron chi connectivity index (χ1n) is 8.61. The lowest BCUT2D eigenvalue weighted by atomic mass is 10.0. The van der Waals surface area contributed by atoms with E-state index in [1.54, 1.807) is 12.1 Å². The summed E-state index contributed by atoms with van der Waals surface area (Å²) in [6.45, 7) is 5.36. The number of rotatable bonds is 5. The first-order valence-corrected chi connectivity index (χ1v) is 8.61. The third-order valence-corrected chi connectivity index (χ3v) is 4.11. The molecule has 0 aliphatic carbocycles. The van der Waals surface area contributed by atoms with Gasteiger partial charge in [0.15, 0.2) is 0 Å². The van der Waals surface area contributed by atoms with Gasteiger partial charge in [0.2, 0.25) is 0 Å². The zero-order chi connectivity index (χ0) is 17.8. The molecule has 0 amide bonds. The van der Waals surface area contributed by atoms with Crippen molar-refractivity contribution >= 4 is 5.82 Å². The zero-order valence-corrected chi connectivity index (χ0v) is 15.0. The molecule has 0 spiro atoms. The standard InChI is InChI=1S/C22H24N2O/c1-16(2)15-24(3)22-14-19(17-7-5-4-6-8-17)13-21(23-22)18-9-11-20(25)12-10-18/h4-14,16,25H,15H2,1-3H3. The highest BCUT2D eigenvalue weighted by Gasteiger charge is 2.11. The third kappa shape index (κ3) is 4.18. The van der Waals surface area contributed by atoms with Gasteiger partial charge in [-0.3, -0.25) is 0 Å². The van der Waals surface area contributed by atoms with E-state index >= 15 is 0 Å². The van der Waals surface area contributed by atoms with Crippen LogP contribution >= 0.6 is 0 Å². The number of nitrogens with zero attached hydrogens (tertiary/aromatic N) is 2. The van der Waals surface area contributed by atoms with E-state index in [-0.39, 0.29) is 5.75 Å². The lowest BCUT2D eigenvalue weighted by molar-refractivity contribution is 0.475. The van der Waals surface area contributed by atoms with Crippen LogP contribution in [0.2, 0.25) is 0 Å². The maximum atomic E-state index is 9.55. The van der Waals surface area contributed by atoms with Gasteiger partial charge in [-0.05, 0) is 53.4 Å². The highest BCUT2D eigenvalue weighted by atomic mass is 16.3. The summed E-state index contributed by atoms with van der Waals surface area (Å²) in [7, 11) is 2.08. The van der Waals surface area contributed by atoms with E-state index in [1.807, 2.05) is 30.3 Å². The molecule has 0 saturated carbocycles. The number of anilines is 1. The molecule has 25 heavy (non-hydrogen) atoms. The van der Waals surface area contributed by atoms with E-state index in [9.17, 15) is 5.11 Å². The summed E-state index contributed by atoms with van der Waals surface area (Å²) in [6.07, 6.45) is 0. The summed E-state index contributed by atoms with van der Waals surface area (Å²) in [5.41, 5.74) is 4.22. The van der Waals surface area contributed by atoms with Crippen LogP contribution in [0.15, 0.2) is 66.7 Å². The van der Waals surface area contributed by atoms with E-state index in [1.165, 1.54) is 5.56 Å². The van der Waals surface area contributed by atoms with Gasteiger partial charge in [-0.25, -0.2) is 4.98 Å². The Labute approximate surface area is 149 Å². The Morgan fingerprint density at radius 2 is 1.56 bits per heavy atom. The van der Waals surface area contributed by atoms with Crippen LogP contribution < -0.4 is 4.90 Å². The van der Waals surface area contributed by atoms with Gasteiger partial charge in [-0.15, -0.1) is 0 Å². The second-order valence-electron chi connectivity index (χ2n) is 6.79. The summed E-state index contributed by atoms with van der Waals surface area (Å²) in [6, 6.07) is 21.8. The minimum atomic E-state index is 0.264. The normalized spacial score (nSPS) is 10.9. The number of hydrogen-bond acceptors (Lipinski definition) is 3. The number of aromatic hydroxyl groups is 1. The largest absolute Gasteiger partial charge is 0.508 e. The first kappa shape index (κ1) is 17.0. The molecule has 0 aliphatic rings. The van der Waals surface area contributed by atoms with Crippen LogP contribution in [-0.4, -0.2) is 23.7 Å². The quantitative estimate of drug-likeness (QED) is 0.696. The van der Waals surface area contributed by atoms with E-state index in [0.717, 1.165) is 29.2 Å². The van der Waals surface area contributed by atoms with Gasteiger partial charge >= 0.3 is 0 Å². The molecule has 0 aliphatic heterocycles. The summed E-state index contributed by atoms with van der Waals surface area (Å²) in [4.78, 5) is 7.05. The molecule has 3 heteroatoms. The number of aromatic nitrogens is 1. The molecule has 3 aromatic rings. The molecule has 2 aromatic carbocycles. The van der Waals surface area contributed by atoms with Crippen LogP contribution in [0.5, 0.6) is 5.75 Å². The van der Waals surface area contributed by atoms with Crippen LogP contribution in [0.1, 0.15) is 13.8 Å². The van der Waals surface area contributed by atoms with Gasteiger partial charge in [0.05, 0.1) is 5.69 Å². The Kier molecular flexibility index (Phi) is 5.03. The summed E-state index contributed by atoms with van der Waals surface area (Å²) >= 11 is 0. The number of phenols is 1. The maximum Gasteiger partial charge on any atom is 0.129 e. The second-order valence-corrected chi connectivity index (χ2v) is 6.79. The van der Waals surface area contributed by atoms with Crippen LogP contribution in [0, 0.1) is 5.92 Å². The molecule has 0 saturated heterocycles. The van der Waals surface area contributed by atoms with Gasteiger partial charge in [0.25, 0.3) is 0 Å². The Bertz CT molecular complexity index is 826. The molecule has 0 unspecified atom stereocenters. The zero-order valence-electron chi connectivity index (χ0n) is 15.0. The van der Waals surface area contributed by atoms with E-state index in [4.69, 9.17) is 4.98 Å². The Morgan fingerprint density at radius 1 is 0.880 bits per heavy atom. The fourth-order valence-corrected chi connectivity index (χ4v) is 2.93. The molecule has 1 heterocycles. The van der Waals surface area contributed by atoms with E-state index in [0.29, 0.717) is 5.92 Å². The first-order chi connectivity index (χ1) is 12.0. The van der Waals surface area contributed by atoms with Crippen LogP contribution in [0.4, 0.5) is 5.82 Å². The van der Waals surface area contributed by atoms with Crippen molar-refractivity contribution < 1.29 is 5.11 Å². The Hall–Kier alpha value is -2.81. The number of hydrogen-bond donors (Lipinski definition) is 1. The van der Waals surface area contributed by atoms with Crippen molar-refractivity contribution in [3.05, 3.63) is 66.7 Å². The minimum Gasteiger partial charge on any atom is -0.508 e. The smallest absolute Gasteiger partial charge is 0.129 e. The summed E-state index contributed by atoms with van der Waals surface area (Å²) in [5, 5.41) is 9.55. The van der Waals surface area contributed by atoms with Crippen molar-refractivity contribution in [3.8, 4) is 28.1 Å². The fraction of sp³-hybridized carbons (Fsp3) is 0.227. The number of pyridine rings is 1. The van der Waals surface area contributed by atoms with E-state index in [2.05, 4.69) is 50.1 Å². The predicted molar refractivity (Wildman–Crippen MR) is 105 cm³/mol. The van der Waals surface area contributed by atoms with Gasteiger partial charge in [0.1, 0.15) is 11.6 Å². The van der Waals surface area contributed by atoms with Gasteiger partial charge < -0.3 is 10.0 Å². The van der Waals surface area contributed by atoms with Gasteiger partial charge in [-0.2, -0.15) is 0 Å². The average molecular weight is 332 g/mol. The van der Waals surface area contributed by atoms with Crippen LogP contribution in [0.3, 0.4) is 0 Å². The second kappa shape index (κ2) is 7.39. The Balaban J connectivity index is 2.09. The van der Waals surface area contributed by atoms with E-state index < -0.39 is 0 Å². The fourth-order valence-electron chi connectivity index (χ4n) is 2.93. The molecule has 128 valence electrons. The van der Waals surface area contributed by atoms with Crippen LogP contribution in [0.25, 0.3) is 22.4 Å². The van der Waals surface area contributed by atoms with Crippen molar-refractivity contribution in [2.45, 2.75) is 13.8 Å². The molecule has 3 rings (SSSR count).